The van der Waals surface area contributed by atoms with E-state index >= 15 is 0 Å². The minimum Gasteiger partial charge on any atom is -0.497 e. The van der Waals surface area contributed by atoms with Crippen LogP contribution in [0.1, 0.15) is 10.4 Å². The highest BCUT2D eigenvalue weighted by Crippen LogP contribution is 2.26. The number of methoxy groups -OCH3 is 1. The zero-order chi connectivity index (χ0) is 20.8. The summed E-state index contributed by atoms with van der Waals surface area (Å²) in [5.74, 6) is -0.238. The fourth-order valence-corrected chi connectivity index (χ4v) is 3.23. The van der Waals surface area contributed by atoms with Crippen LogP contribution >= 0.6 is 11.3 Å². The van der Waals surface area contributed by atoms with E-state index < -0.39 is 11.9 Å². The Morgan fingerprint density at radius 2 is 1.76 bits per heavy atom. The molecule has 2 aromatic carbocycles. The van der Waals surface area contributed by atoms with Gasteiger partial charge in [-0.2, -0.15) is 0 Å². The second-order valence-electron chi connectivity index (χ2n) is 6.33. The highest BCUT2D eigenvalue weighted by atomic mass is 32.1. The predicted octanol–water partition coefficient (Wildman–Crippen LogP) is 3.68. The van der Waals surface area contributed by atoms with Crippen LogP contribution in [0, 0.1) is 0 Å². The van der Waals surface area contributed by atoms with Gasteiger partial charge >= 0.3 is 5.97 Å². The van der Waals surface area contributed by atoms with E-state index in [0.29, 0.717) is 10.7 Å². The van der Waals surface area contributed by atoms with Crippen molar-refractivity contribution in [2.45, 2.75) is 0 Å². The first-order valence-electron chi connectivity index (χ1n) is 8.80. The van der Waals surface area contributed by atoms with E-state index in [1.54, 1.807) is 19.2 Å². The first-order chi connectivity index (χ1) is 14.0. The van der Waals surface area contributed by atoms with Crippen molar-refractivity contribution in [3.8, 4) is 17.0 Å². The molecule has 0 unspecified atom stereocenters. The lowest BCUT2D eigenvalue weighted by Crippen LogP contribution is -2.20. The molecule has 0 aliphatic rings. The lowest BCUT2D eigenvalue weighted by atomic mass is 10.2. The van der Waals surface area contributed by atoms with E-state index in [1.165, 1.54) is 11.3 Å². The SMILES string of the molecule is COc1ccc(-c2csc(NC(=O)COC(=O)c3ccc(N(C)C)cc3)n2)cc1. The van der Waals surface area contributed by atoms with Gasteiger partial charge in [0.15, 0.2) is 11.7 Å². The number of carbonyl (C=O) groups is 2. The Morgan fingerprint density at radius 1 is 1.07 bits per heavy atom. The molecule has 0 atom stereocenters. The fraction of sp³-hybridized carbons (Fsp3) is 0.190. The van der Waals surface area contributed by atoms with Crippen molar-refractivity contribution in [1.82, 2.24) is 4.98 Å². The Balaban J connectivity index is 1.53. The molecule has 3 aromatic rings. The van der Waals surface area contributed by atoms with Gasteiger partial charge in [0.2, 0.25) is 0 Å². The van der Waals surface area contributed by atoms with E-state index in [2.05, 4.69) is 10.3 Å². The van der Waals surface area contributed by atoms with Gasteiger partial charge in [0, 0.05) is 30.7 Å². The van der Waals surface area contributed by atoms with Crippen LogP contribution in [0.15, 0.2) is 53.9 Å². The maximum atomic E-state index is 12.1. The Morgan fingerprint density at radius 3 is 2.38 bits per heavy atom. The van der Waals surface area contributed by atoms with Crippen molar-refractivity contribution < 1.29 is 19.1 Å². The number of hydrogen-bond donors (Lipinski definition) is 1. The molecule has 7 nitrogen and oxygen atoms in total. The maximum Gasteiger partial charge on any atom is 0.338 e. The number of thiazole rings is 1. The lowest BCUT2D eigenvalue weighted by Gasteiger charge is -2.12. The molecule has 0 saturated carbocycles. The van der Waals surface area contributed by atoms with Crippen molar-refractivity contribution >= 4 is 34.0 Å². The number of rotatable bonds is 7. The average molecular weight is 411 g/mol. The second-order valence-corrected chi connectivity index (χ2v) is 7.19. The maximum absolute atomic E-state index is 12.1. The Hall–Kier alpha value is -3.39. The molecule has 1 N–H and O–H groups in total. The molecule has 29 heavy (non-hydrogen) atoms. The number of nitrogens with zero attached hydrogens (tertiary/aromatic N) is 2. The van der Waals surface area contributed by atoms with Gasteiger partial charge in [-0.1, -0.05) is 0 Å². The number of benzene rings is 2. The number of hydrogen-bond acceptors (Lipinski definition) is 7. The fourth-order valence-electron chi connectivity index (χ4n) is 2.49. The van der Waals surface area contributed by atoms with Gasteiger partial charge in [0.25, 0.3) is 5.91 Å². The van der Waals surface area contributed by atoms with Gasteiger partial charge in [-0.15, -0.1) is 11.3 Å². The summed E-state index contributed by atoms with van der Waals surface area (Å²) in [5.41, 5.74) is 3.01. The molecule has 8 heteroatoms. The molecule has 1 aromatic heterocycles. The normalized spacial score (nSPS) is 10.3. The molecule has 0 bridgehead atoms. The molecule has 0 aliphatic heterocycles. The first-order valence-corrected chi connectivity index (χ1v) is 9.68. The van der Waals surface area contributed by atoms with Crippen LogP contribution < -0.4 is 15.0 Å². The quantitative estimate of drug-likeness (QED) is 0.598. The number of ether oxygens (including phenoxy) is 2. The van der Waals surface area contributed by atoms with Gasteiger partial charge < -0.3 is 14.4 Å². The van der Waals surface area contributed by atoms with Crippen LogP contribution in [-0.4, -0.2) is 44.7 Å². The topological polar surface area (TPSA) is 80.8 Å². The molecule has 150 valence electrons. The summed E-state index contributed by atoms with van der Waals surface area (Å²) in [6.07, 6.45) is 0. The molecular weight excluding hydrogens is 390 g/mol. The van der Waals surface area contributed by atoms with E-state index in [0.717, 1.165) is 22.7 Å². The first kappa shape index (κ1) is 20.3. The molecule has 3 rings (SSSR count). The molecule has 0 radical (unpaired) electrons. The standard InChI is InChI=1S/C21H21N3O4S/c1-24(2)16-8-4-15(5-9-16)20(26)28-12-19(25)23-21-22-18(13-29-21)14-6-10-17(27-3)11-7-14/h4-11,13H,12H2,1-3H3,(H,22,23,25). The minimum absolute atomic E-state index is 0.383. The molecule has 1 amide bonds. The van der Waals surface area contributed by atoms with Gasteiger partial charge in [0.05, 0.1) is 18.4 Å². The second kappa shape index (κ2) is 9.20. The molecule has 0 fully saturated rings. The summed E-state index contributed by atoms with van der Waals surface area (Å²) >= 11 is 1.30. The molecular formula is C21H21N3O4S. The number of amides is 1. The predicted molar refractivity (Wildman–Crippen MR) is 114 cm³/mol. The zero-order valence-corrected chi connectivity index (χ0v) is 17.2. The number of esters is 1. The summed E-state index contributed by atoms with van der Waals surface area (Å²) in [6, 6.07) is 14.4. The summed E-state index contributed by atoms with van der Waals surface area (Å²) in [6.45, 7) is -0.383. The molecule has 0 spiro atoms. The van der Waals surface area contributed by atoms with E-state index in [-0.39, 0.29) is 6.61 Å². The van der Waals surface area contributed by atoms with Crippen LogP contribution in [-0.2, 0) is 9.53 Å². The Bertz CT molecular complexity index is 982. The lowest BCUT2D eigenvalue weighted by molar-refractivity contribution is -0.119. The summed E-state index contributed by atoms with van der Waals surface area (Å²) in [7, 11) is 5.43. The van der Waals surface area contributed by atoms with E-state index in [1.807, 2.05) is 60.8 Å². The molecule has 0 aliphatic carbocycles. The van der Waals surface area contributed by atoms with Crippen LogP contribution in [0.25, 0.3) is 11.3 Å². The van der Waals surface area contributed by atoms with Crippen molar-refractivity contribution in [3.05, 3.63) is 59.5 Å². The van der Waals surface area contributed by atoms with Crippen LogP contribution in [0.5, 0.6) is 5.75 Å². The third kappa shape index (κ3) is 5.32. The van der Waals surface area contributed by atoms with Crippen molar-refractivity contribution in [2.24, 2.45) is 0 Å². The van der Waals surface area contributed by atoms with Gasteiger partial charge in [-0.3, -0.25) is 10.1 Å². The van der Waals surface area contributed by atoms with Crippen LogP contribution in [0.2, 0.25) is 0 Å². The largest absolute Gasteiger partial charge is 0.497 e. The Kier molecular flexibility index (Phi) is 6.46. The summed E-state index contributed by atoms with van der Waals surface area (Å²) in [5, 5.41) is 4.93. The third-order valence-corrected chi connectivity index (χ3v) is 4.85. The highest BCUT2D eigenvalue weighted by molar-refractivity contribution is 7.14. The smallest absolute Gasteiger partial charge is 0.338 e. The molecule has 1 heterocycles. The van der Waals surface area contributed by atoms with Crippen molar-refractivity contribution in [1.29, 1.82) is 0 Å². The number of anilines is 2. The summed E-state index contributed by atoms with van der Waals surface area (Å²) < 4.78 is 10.2. The number of aromatic nitrogens is 1. The summed E-state index contributed by atoms with van der Waals surface area (Å²) in [4.78, 5) is 30.5. The van der Waals surface area contributed by atoms with Gasteiger partial charge in [-0.05, 0) is 48.5 Å². The zero-order valence-electron chi connectivity index (χ0n) is 16.3. The molecule has 0 saturated heterocycles. The van der Waals surface area contributed by atoms with Crippen molar-refractivity contribution in [2.75, 3.05) is 38.0 Å². The van der Waals surface area contributed by atoms with Crippen molar-refractivity contribution in [3.63, 3.8) is 0 Å². The van der Waals surface area contributed by atoms with E-state index in [4.69, 9.17) is 9.47 Å². The third-order valence-electron chi connectivity index (χ3n) is 4.09. The van der Waals surface area contributed by atoms with Gasteiger partial charge in [-0.25, -0.2) is 9.78 Å². The number of nitrogens with one attached hydrogen (secondary N) is 1. The minimum atomic E-state index is -0.552. The average Bonchev–Trinajstić information content (AvgIpc) is 3.20. The monoisotopic (exact) mass is 411 g/mol. The van der Waals surface area contributed by atoms with Gasteiger partial charge in [0.1, 0.15) is 5.75 Å². The van der Waals surface area contributed by atoms with Crippen LogP contribution in [0.3, 0.4) is 0 Å². The highest BCUT2D eigenvalue weighted by Gasteiger charge is 2.12. The number of carbonyl (C=O) groups excluding carboxylic acids is 2. The van der Waals surface area contributed by atoms with Crippen LogP contribution in [0.4, 0.5) is 10.8 Å². The Labute approximate surface area is 172 Å². The van der Waals surface area contributed by atoms with E-state index in [9.17, 15) is 9.59 Å².